The van der Waals surface area contributed by atoms with Crippen molar-refractivity contribution in [1.29, 1.82) is 0 Å². The summed E-state index contributed by atoms with van der Waals surface area (Å²) in [5.41, 5.74) is 5.00. The largest absolute Gasteiger partial charge is 0.369 e. The molecule has 2 N–H and O–H groups in total. The molecule has 15 heavy (non-hydrogen) atoms. The Kier molecular flexibility index (Phi) is 2.47. The minimum absolute atomic E-state index is 0.428. The number of hydrogen-bond acceptors (Lipinski definition) is 1. The molecule has 0 bridgehead atoms. The van der Waals surface area contributed by atoms with Crippen molar-refractivity contribution in [2.24, 2.45) is 5.73 Å². The van der Waals surface area contributed by atoms with E-state index in [-0.39, 0.29) is 0 Å². The first-order valence-electron chi connectivity index (χ1n) is 5.17. The highest BCUT2D eigenvalue weighted by Crippen LogP contribution is 2.42. The van der Waals surface area contributed by atoms with Crippen LogP contribution in [0.25, 0.3) is 0 Å². The van der Waals surface area contributed by atoms with Crippen molar-refractivity contribution >= 4 is 5.91 Å². The first-order chi connectivity index (χ1) is 7.18. The third kappa shape index (κ3) is 1.42. The second-order valence-corrected chi connectivity index (χ2v) is 4.06. The summed E-state index contributed by atoms with van der Waals surface area (Å²) in [4.78, 5) is 11.5. The van der Waals surface area contributed by atoms with Gasteiger partial charge in [0.1, 0.15) is 11.6 Å². The molecule has 0 saturated heterocycles. The van der Waals surface area contributed by atoms with Gasteiger partial charge in [0.2, 0.25) is 5.91 Å². The van der Waals surface area contributed by atoms with Gasteiger partial charge in [0.15, 0.2) is 0 Å². The Morgan fingerprint density at radius 2 is 2.07 bits per heavy atom. The van der Waals surface area contributed by atoms with Gasteiger partial charge in [0, 0.05) is 0 Å². The third-order valence-electron chi connectivity index (χ3n) is 3.29. The van der Waals surface area contributed by atoms with E-state index in [1.165, 1.54) is 0 Å². The predicted molar refractivity (Wildman–Crippen MR) is 56.1 cm³/mol. The summed E-state index contributed by atoms with van der Waals surface area (Å²) in [5.74, 6) is -0.543. The Morgan fingerprint density at radius 3 is 2.53 bits per heavy atom. The summed E-state index contributed by atoms with van der Waals surface area (Å²) in [7, 11) is 0. The molecule has 1 fully saturated rings. The molecule has 2 nitrogen and oxygen atoms in total. The molecular formula is C12H14FNO. The molecule has 1 saturated carbocycles. The monoisotopic (exact) mass is 207 g/mol. The van der Waals surface area contributed by atoms with Gasteiger partial charge in [-0.1, -0.05) is 30.3 Å². The number of primary amides is 1. The number of nitrogens with two attached hydrogens (primary N) is 1. The van der Waals surface area contributed by atoms with Crippen molar-refractivity contribution in [2.75, 3.05) is 0 Å². The average molecular weight is 207 g/mol. The van der Waals surface area contributed by atoms with E-state index in [0.29, 0.717) is 18.4 Å². The van der Waals surface area contributed by atoms with Crippen molar-refractivity contribution in [3.05, 3.63) is 35.9 Å². The maximum atomic E-state index is 13.9. The van der Waals surface area contributed by atoms with E-state index in [0.717, 1.165) is 6.42 Å². The number of carbonyl (C=O) groups is 1. The SMILES string of the molecule is NC(=O)[C@@]1(c2ccccc2)CCCC1F. The van der Waals surface area contributed by atoms with Crippen LogP contribution in [-0.2, 0) is 10.2 Å². The van der Waals surface area contributed by atoms with Crippen LogP contribution >= 0.6 is 0 Å². The topological polar surface area (TPSA) is 43.1 Å². The second-order valence-electron chi connectivity index (χ2n) is 4.06. The lowest BCUT2D eigenvalue weighted by Crippen LogP contribution is -2.45. The summed E-state index contributed by atoms with van der Waals surface area (Å²) < 4.78 is 13.9. The van der Waals surface area contributed by atoms with Gasteiger partial charge in [-0.2, -0.15) is 0 Å². The number of amides is 1. The molecule has 1 aliphatic carbocycles. The Bertz CT molecular complexity index is 365. The van der Waals surface area contributed by atoms with Crippen LogP contribution in [0.2, 0.25) is 0 Å². The van der Waals surface area contributed by atoms with E-state index < -0.39 is 17.5 Å². The van der Waals surface area contributed by atoms with Gasteiger partial charge in [0.05, 0.1) is 0 Å². The molecule has 1 aliphatic rings. The van der Waals surface area contributed by atoms with Gasteiger partial charge in [-0.3, -0.25) is 4.79 Å². The normalized spacial score (nSPS) is 30.3. The average Bonchev–Trinajstić information content (AvgIpc) is 2.62. The maximum absolute atomic E-state index is 13.9. The van der Waals surface area contributed by atoms with E-state index in [1.807, 2.05) is 18.2 Å². The fourth-order valence-electron chi connectivity index (χ4n) is 2.44. The lowest BCUT2D eigenvalue weighted by Gasteiger charge is -2.28. The fourth-order valence-corrected chi connectivity index (χ4v) is 2.44. The van der Waals surface area contributed by atoms with E-state index in [2.05, 4.69) is 0 Å². The van der Waals surface area contributed by atoms with Gasteiger partial charge in [0.25, 0.3) is 0 Å². The van der Waals surface area contributed by atoms with Crippen molar-refractivity contribution in [1.82, 2.24) is 0 Å². The third-order valence-corrected chi connectivity index (χ3v) is 3.29. The first-order valence-corrected chi connectivity index (χ1v) is 5.17. The van der Waals surface area contributed by atoms with Crippen LogP contribution < -0.4 is 5.73 Å². The summed E-state index contributed by atoms with van der Waals surface area (Å²) in [5, 5.41) is 0. The highest BCUT2D eigenvalue weighted by Gasteiger charge is 2.49. The standard InChI is InChI=1S/C12H14FNO/c13-10-7-4-8-12(10,11(14)15)9-5-2-1-3-6-9/h1-3,5-6,10H,4,7-8H2,(H2,14,15)/t10?,12-/m1/s1. The smallest absolute Gasteiger partial charge is 0.231 e. The molecule has 2 rings (SSSR count). The molecule has 0 radical (unpaired) electrons. The van der Waals surface area contributed by atoms with Gasteiger partial charge in [-0.15, -0.1) is 0 Å². The van der Waals surface area contributed by atoms with Crippen molar-refractivity contribution < 1.29 is 9.18 Å². The molecule has 0 aliphatic heterocycles. The fraction of sp³-hybridized carbons (Fsp3) is 0.417. The Morgan fingerprint density at radius 1 is 1.40 bits per heavy atom. The van der Waals surface area contributed by atoms with Gasteiger partial charge >= 0.3 is 0 Å². The van der Waals surface area contributed by atoms with Crippen molar-refractivity contribution in [2.45, 2.75) is 30.8 Å². The summed E-state index contributed by atoms with van der Waals surface area (Å²) in [6, 6.07) is 9.03. The summed E-state index contributed by atoms with van der Waals surface area (Å²) in [6.07, 6.45) is 0.530. The van der Waals surface area contributed by atoms with Gasteiger partial charge < -0.3 is 5.73 Å². The minimum atomic E-state index is -1.14. The number of rotatable bonds is 2. The summed E-state index contributed by atoms with van der Waals surface area (Å²) >= 11 is 0. The zero-order valence-electron chi connectivity index (χ0n) is 8.45. The molecule has 0 heterocycles. The lowest BCUT2D eigenvalue weighted by atomic mass is 9.77. The summed E-state index contributed by atoms with van der Waals surface area (Å²) in [6.45, 7) is 0. The number of halogens is 1. The van der Waals surface area contributed by atoms with E-state index in [9.17, 15) is 9.18 Å². The highest BCUT2D eigenvalue weighted by molar-refractivity contribution is 5.88. The number of carbonyl (C=O) groups excluding carboxylic acids is 1. The van der Waals surface area contributed by atoms with Crippen LogP contribution in [-0.4, -0.2) is 12.1 Å². The molecule has 80 valence electrons. The number of alkyl halides is 1. The van der Waals surface area contributed by atoms with Crippen LogP contribution in [0, 0.1) is 0 Å². The number of hydrogen-bond donors (Lipinski definition) is 1. The Balaban J connectivity index is 2.49. The first kappa shape index (κ1) is 10.1. The number of benzene rings is 1. The van der Waals surface area contributed by atoms with Crippen LogP contribution in [0.3, 0.4) is 0 Å². The zero-order valence-corrected chi connectivity index (χ0v) is 8.45. The lowest BCUT2D eigenvalue weighted by molar-refractivity contribution is -0.125. The van der Waals surface area contributed by atoms with E-state index in [1.54, 1.807) is 12.1 Å². The van der Waals surface area contributed by atoms with E-state index >= 15 is 0 Å². The molecule has 3 heteroatoms. The van der Waals surface area contributed by atoms with Crippen molar-refractivity contribution in [3.8, 4) is 0 Å². The molecule has 0 aromatic heterocycles. The van der Waals surface area contributed by atoms with Crippen molar-refractivity contribution in [3.63, 3.8) is 0 Å². The molecular weight excluding hydrogens is 193 g/mol. The molecule has 1 aromatic rings. The molecule has 1 unspecified atom stereocenters. The maximum Gasteiger partial charge on any atom is 0.231 e. The van der Waals surface area contributed by atoms with Gasteiger partial charge in [-0.05, 0) is 24.8 Å². The van der Waals surface area contributed by atoms with Crippen LogP contribution in [0.1, 0.15) is 24.8 Å². The second kappa shape index (κ2) is 3.65. The Labute approximate surface area is 88.3 Å². The minimum Gasteiger partial charge on any atom is -0.369 e. The molecule has 0 spiro atoms. The predicted octanol–water partition coefficient (Wildman–Crippen LogP) is 1.93. The van der Waals surface area contributed by atoms with Crippen LogP contribution in [0.15, 0.2) is 30.3 Å². The van der Waals surface area contributed by atoms with Crippen LogP contribution in [0.4, 0.5) is 4.39 Å². The van der Waals surface area contributed by atoms with Crippen LogP contribution in [0.5, 0.6) is 0 Å². The molecule has 1 amide bonds. The molecule has 1 aromatic carbocycles. The highest BCUT2D eigenvalue weighted by atomic mass is 19.1. The zero-order chi connectivity index (χ0) is 10.9. The Hall–Kier alpha value is -1.38. The van der Waals surface area contributed by atoms with Gasteiger partial charge in [-0.25, -0.2) is 4.39 Å². The van der Waals surface area contributed by atoms with E-state index in [4.69, 9.17) is 5.73 Å². The molecule has 2 atom stereocenters. The quantitative estimate of drug-likeness (QED) is 0.791.